The van der Waals surface area contributed by atoms with E-state index in [1.54, 1.807) is 6.07 Å². The number of rotatable bonds is 5. The summed E-state index contributed by atoms with van der Waals surface area (Å²) in [6.07, 6.45) is 2.67. The largest absolute Gasteiger partial charge is 0.493 e. The lowest BCUT2D eigenvalue weighted by molar-refractivity contribution is -0.143. The topological polar surface area (TPSA) is 55.8 Å². The van der Waals surface area contributed by atoms with Crippen LogP contribution in [0.3, 0.4) is 0 Å². The van der Waals surface area contributed by atoms with Crippen LogP contribution in [-0.4, -0.2) is 25.3 Å². The fraction of sp³-hybridized carbons (Fsp3) is 0.533. The first kappa shape index (κ1) is 14.8. The smallest absolute Gasteiger partial charge is 0.314 e. The van der Waals surface area contributed by atoms with Gasteiger partial charge in [0.2, 0.25) is 0 Å². The third-order valence-electron chi connectivity index (χ3n) is 4.00. The maximum Gasteiger partial charge on any atom is 0.314 e. The quantitative estimate of drug-likeness (QED) is 0.902. The Morgan fingerprint density at radius 3 is 2.50 bits per heavy atom. The molecule has 1 saturated carbocycles. The Morgan fingerprint density at radius 1 is 1.35 bits per heavy atom. The summed E-state index contributed by atoms with van der Waals surface area (Å²) in [4.78, 5) is 11.8. The number of carbonyl (C=O) groups is 1. The van der Waals surface area contributed by atoms with Gasteiger partial charge < -0.3 is 14.6 Å². The Morgan fingerprint density at radius 2 is 2.00 bits per heavy atom. The number of hydrogen-bond acceptors (Lipinski definition) is 3. The maximum atomic E-state index is 14.1. The van der Waals surface area contributed by atoms with Gasteiger partial charge in [0.15, 0.2) is 11.6 Å². The van der Waals surface area contributed by atoms with Crippen molar-refractivity contribution in [1.29, 1.82) is 0 Å². The molecule has 1 N–H and O–H groups in total. The second-order valence-electron chi connectivity index (χ2n) is 5.19. The van der Waals surface area contributed by atoms with Gasteiger partial charge in [0.05, 0.1) is 19.1 Å². The van der Waals surface area contributed by atoms with E-state index in [4.69, 9.17) is 9.47 Å². The van der Waals surface area contributed by atoms with E-state index in [9.17, 15) is 14.3 Å². The lowest BCUT2D eigenvalue weighted by atomic mass is 9.77. The fourth-order valence-electron chi connectivity index (χ4n) is 3.04. The van der Waals surface area contributed by atoms with Gasteiger partial charge >= 0.3 is 5.97 Å². The van der Waals surface area contributed by atoms with Gasteiger partial charge in [-0.05, 0) is 30.5 Å². The number of benzene rings is 1. The van der Waals surface area contributed by atoms with Crippen molar-refractivity contribution in [2.24, 2.45) is 0 Å². The molecular formula is C15H19FO4. The minimum absolute atomic E-state index is 0.0363. The maximum absolute atomic E-state index is 14.1. The number of carboxylic acid groups (broad SMARTS) is 1. The van der Waals surface area contributed by atoms with E-state index in [0.717, 1.165) is 12.8 Å². The Hall–Kier alpha value is -1.62. The van der Waals surface area contributed by atoms with Crippen molar-refractivity contribution in [2.75, 3.05) is 14.2 Å². The molecule has 1 fully saturated rings. The van der Waals surface area contributed by atoms with Gasteiger partial charge in [-0.3, -0.25) is 4.79 Å². The molecule has 0 radical (unpaired) electrons. The molecule has 0 heterocycles. The van der Waals surface area contributed by atoms with Crippen molar-refractivity contribution in [3.05, 3.63) is 29.1 Å². The van der Waals surface area contributed by atoms with Crippen LogP contribution in [0.2, 0.25) is 0 Å². The van der Waals surface area contributed by atoms with E-state index in [1.807, 2.05) is 0 Å². The highest BCUT2D eigenvalue weighted by molar-refractivity contribution is 5.83. The molecule has 4 nitrogen and oxygen atoms in total. The summed E-state index contributed by atoms with van der Waals surface area (Å²) in [5.74, 6) is -1.42. The summed E-state index contributed by atoms with van der Waals surface area (Å²) in [6.45, 7) is 0.240. The van der Waals surface area contributed by atoms with E-state index in [-0.39, 0.29) is 12.4 Å². The molecule has 0 saturated heterocycles. The van der Waals surface area contributed by atoms with E-state index in [1.165, 1.54) is 20.3 Å². The Kier molecular flexibility index (Phi) is 4.28. The lowest BCUT2D eigenvalue weighted by Gasteiger charge is -2.27. The third-order valence-corrected chi connectivity index (χ3v) is 4.00. The van der Waals surface area contributed by atoms with Crippen LogP contribution in [0, 0.1) is 5.82 Å². The molecule has 1 aliphatic carbocycles. The van der Waals surface area contributed by atoms with Crippen molar-refractivity contribution in [1.82, 2.24) is 0 Å². The molecule has 1 aromatic carbocycles. The average molecular weight is 282 g/mol. The average Bonchev–Trinajstić information content (AvgIpc) is 2.89. The zero-order chi connectivity index (χ0) is 14.8. The van der Waals surface area contributed by atoms with E-state index in [2.05, 4.69) is 0 Å². The molecule has 0 bridgehead atoms. The van der Waals surface area contributed by atoms with Crippen LogP contribution in [0.25, 0.3) is 0 Å². The monoisotopic (exact) mass is 282 g/mol. The molecule has 0 atom stereocenters. The molecule has 0 aliphatic heterocycles. The van der Waals surface area contributed by atoms with Gasteiger partial charge in [-0.15, -0.1) is 0 Å². The zero-order valence-corrected chi connectivity index (χ0v) is 11.7. The summed E-state index contributed by atoms with van der Waals surface area (Å²) in [5, 5.41) is 9.64. The normalized spacial score (nSPS) is 17.1. The zero-order valence-electron chi connectivity index (χ0n) is 11.7. The Balaban J connectivity index is 2.60. The van der Waals surface area contributed by atoms with Crippen molar-refractivity contribution < 1.29 is 23.8 Å². The molecule has 1 aromatic rings. The first-order valence-corrected chi connectivity index (χ1v) is 6.64. The molecular weight excluding hydrogens is 263 g/mol. The predicted molar refractivity (Wildman–Crippen MR) is 71.4 cm³/mol. The molecule has 0 unspecified atom stereocenters. The van der Waals surface area contributed by atoms with Crippen LogP contribution in [-0.2, 0) is 21.6 Å². The molecule has 5 heteroatoms. The minimum atomic E-state index is -1.05. The summed E-state index contributed by atoms with van der Waals surface area (Å²) in [6, 6.07) is 3.03. The molecule has 110 valence electrons. The van der Waals surface area contributed by atoms with E-state index in [0.29, 0.717) is 24.0 Å². The first-order valence-electron chi connectivity index (χ1n) is 6.64. The number of aliphatic carboxylic acids is 1. The number of methoxy groups -OCH3 is 2. The van der Waals surface area contributed by atoms with Crippen LogP contribution in [0.1, 0.15) is 36.8 Å². The highest BCUT2D eigenvalue weighted by Crippen LogP contribution is 2.46. The van der Waals surface area contributed by atoms with Crippen LogP contribution in [0.4, 0.5) is 4.39 Å². The van der Waals surface area contributed by atoms with Crippen LogP contribution in [0.5, 0.6) is 5.75 Å². The van der Waals surface area contributed by atoms with Crippen molar-refractivity contribution in [2.45, 2.75) is 37.7 Å². The fourth-order valence-corrected chi connectivity index (χ4v) is 3.04. The standard InChI is InChI=1S/C15H19FO4/c1-19-9-10-7-11(13(20-2)12(16)8-10)15(14(17)18)5-3-4-6-15/h7-8H,3-6,9H2,1-2H3,(H,17,18). The van der Waals surface area contributed by atoms with Crippen molar-refractivity contribution >= 4 is 5.97 Å². The van der Waals surface area contributed by atoms with Gasteiger partial charge in [-0.2, -0.15) is 0 Å². The predicted octanol–water partition coefficient (Wildman–Crippen LogP) is 2.88. The minimum Gasteiger partial charge on any atom is -0.493 e. The van der Waals surface area contributed by atoms with Gasteiger partial charge in [0.1, 0.15) is 0 Å². The number of ether oxygens (including phenoxy) is 2. The van der Waals surface area contributed by atoms with Gasteiger partial charge in [-0.1, -0.05) is 12.8 Å². The molecule has 0 spiro atoms. The molecule has 0 amide bonds. The second kappa shape index (κ2) is 5.79. The number of halogens is 1. The SMILES string of the molecule is COCc1cc(F)c(OC)c(C2(C(=O)O)CCCC2)c1. The summed E-state index contributed by atoms with van der Waals surface area (Å²) >= 11 is 0. The van der Waals surface area contributed by atoms with Gasteiger partial charge in [-0.25, -0.2) is 4.39 Å². The molecule has 2 rings (SSSR count). The number of hydrogen-bond donors (Lipinski definition) is 1. The Labute approximate surface area is 117 Å². The van der Waals surface area contributed by atoms with Crippen LogP contribution < -0.4 is 4.74 Å². The summed E-state index contributed by atoms with van der Waals surface area (Å²) < 4.78 is 24.3. The van der Waals surface area contributed by atoms with E-state index >= 15 is 0 Å². The van der Waals surface area contributed by atoms with Crippen LogP contribution in [0.15, 0.2) is 12.1 Å². The summed E-state index contributed by atoms with van der Waals surface area (Å²) in [5.41, 5.74) is 0.000944. The number of carboxylic acids is 1. The van der Waals surface area contributed by atoms with Gasteiger partial charge in [0, 0.05) is 12.7 Å². The summed E-state index contributed by atoms with van der Waals surface area (Å²) in [7, 11) is 2.88. The van der Waals surface area contributed by atoms with Crippen molar-refractivity contribution in [3.8, 4) is 5.75 Å². The molecule has 20 heavy (non-hydrogen) atoms. The van der Waals surface area contributed by atoms with Crippen molar-refractivity contribution in [3.63, 3.8) is 0 Å². The lowest BCUT2D eigenvalue weighted by Crippen LogP contribution is -2.33. The van der Waals surface area contributed by atoms with E-state index < -0.39 is 17.2 Å². The molecule has 0 aromatic heterocycles. The van der Waals surface area contributed by atoms with Gasteiger partial charge in [0.25, 0.3) is 0 Å². The first-order chi connectivity index (χ1) is 9.55. The third kappa shape index (κ3) is 2.38. The Bertz CT molecular complexity index is 507. The second-order valence-corrected chi connectivity index (χ2v) is 5.19. The van der Waals surface area contributed by atoms with Crippen LogP contribution >= 0.6 is 0 Å². The highest BCUT2D eigenvalue weighted by atomic mass is 19.1. The highest BCUT2D eigenvalue weighted by Gasteiger charge is 2.45. The molecule has 1 aliphatic rings.